The van der Waals surface area contributed by atoms with Gasteiger partial charge >= 0.3 is 0 Å². The van der Waals surface area contributed by atoms with Crippen molar-refractivity contribution >= 4 is 28.9 Å². The second-order valence-electron chi connectivity index (χ2n) is 3.47. The normalized spacial score (nSPS) is 10.2. The molecule has 0 aliphatic heterocycles. The van der Waals surface area contributed by atoms with E-state index in [1.165, 1.54) is 0 Å². The van der Waals surface area contributed by atoms with E-state index in [1.807, 2.05) is 6.07 Å². The first-order valence-electron chi connectivity index (χ1n) is 4.98. The number of phenolic OH excluding ortho intramolecular Hbond substituents is 1. The van der Waals surface area contributed by atoms with Crippen molar-refractivity contribution < 1.29 is 5.11 Å². The Morgan fingerprint density at radius 1 is 1.18 bits per heavy atom. The van der Waals surface area contributed by atoms with E-state index in [1.54, 1.807) is 30.5 Å². The Kier molecular flexibility index (Phi) is 3.71. The summed E-state index contributed by atoms with van der Waals surface area (Å²) < 4.78 is 0. The van der Waals surface area contributed by atoms with Gasteiger partial charge in [0.25, 0.3) is 0 Å². The molecule has 0 atom stereocenters. The molecule has 3 nitrogen and oxygen atoms in total. The molecule has 0 spiro atoms. The summed E-state index contributed by atoms with van der Waals surface area (Å²) >= 11 is 11.5. The number of para-hydroxylation sites is 1. The zero-order valence-corrected chi connectivity index (χ0v) is 10.3. The molecule has 1 aromatic carbocycles. The van der Waals surface area contributed by atoms with Crippen molar-refractivity contribution in [1.82, 2.24) is 4.98 Å². The lowest BCUT2D eigenvalue weighted by Crippen LogP contribution is -2.00. The maximum absolute atomic E-state index is 9.71. The number of rotatable bonds is 3. The van der Waals surface area contributed by atoms with E-state index in [2.05, 4.69) is 10.3 Å². The fourth-order valence-corrected chi connectivity index (χ4v) is 1.69. The van der Waals surface area contributed by atoms with Crippen molar-refractivity contribution in [3.8, 4) is 5.75 Å². The third-order valence-electron chi connectivity index (χ3n) is 2.28. The third kappa shape index (κ3) is 3.02. The van der Waals surface area contributed by atoms with E-state index in [0.29, 0.717) is 16.7 Å². The van der Waals surface area contributed by atoms with Gasteiger partial charge in [0.05, 0.1) is 16.9 Å². The lowest BCUT2D eigenvalue weighted by Gasteiger charge is -2.08. The smallest absolute Gasteiger partial charge is 0.139 e. The van der Waals surface area contributed by atoms with Crippen LogP contribution in [0.4, 0.5) is 5.69 Å². The standard InChI is InChI=1S/C12H10Cl2N2O/c13-10-3-1-2-8(12(10)17)6-15-9-4-5-11(14)16-7-9/h1-5,7,15,17H,6H2. The molecule has 2 N–H and O–H groups in total. The average molecular weight is 269 g/mol. The van der Waals surface area contributed by atoms with Gasteiger partial charge in [0, 0.05) is 12.1 Å². The number of pyridine rings is 1. The Bertz CT molecular complexity index is 514. The van der Waals surface area contributed by atoms with Gasteiger partial charge in [-0.25, -0.2) is 4.98 Å². The van der Waals surface area contributed by atoms with Crippen LogP contribution in [0.2, 0.25) is 10.2 Å². The third-order valence-corrected chi connectivity index (χ3v) is 2.81. The quantitative estimate of drug-likeness (QED) is 0.835. The number of aromatic nitrogens is 1. The summed E-state index contributed by atoms with van der Waals surface area (Å²) in [6.45, 7) is 0.468. The van der Waals surface area contributed by atoms with Crippen LogP contribution < -0.4 is 5.32 Å². The molecule has 0 aliphatic rings. The predicted molar refractivity (Wildman–Crippen MR) is 69.7 cm³/mol. The molecule has 0 saturated heterocycles. The molecule has 1 heterocycles. The van der Waals surface area contributed by atoms with Gasteiger partial charge in [0.15, 0.2) is 0 Å². The highest BCUT2D eigenvalue weighted by Crippen LogP contribution is 2.27. The monoisotopic (exact) mass is 268 g/mol. The van der Waals surface area contributed by atoms with Crippen molar-refractivity contribution in [3.63, 3.8) is 0 Å². The number of nitrogens with one attached hydrogen (secondary N) is 1. The van der Waals surface area contributed by atoms with Crippen LogP contribution in [-0.4, -0.2) is 10.1 Å². The fourth-order valence-electron chi connectivity index (χ4n) is 1.38. The highest BCUT2D eigenvalue weighted by Gasteiger charge is 2.04. The molecular formula is C12H10Cl2N2O. The number of phenols is 1. The van der Waals surface area contributed by atoms with Gasteiger partial charge < -0.3 is 10.4 Å². The second-order valence-corrected chi connectivity index (χ2v) is 4.27. The lowest BCUT2D eigenvalue weighted by atomic mass is 10.2. The summed E-state index contributed by atoms with van der Waals surface area (Å²) in [4.78, 5) is 3.95. The molecule has 0 bridgehead atoms. The van der Waals surface area contributed by atoms with Gasteiger partial charge in [0.2, 0.25) is 0 Å². The Morgan fingerprint density at radius 3 is 2.71 bits per heavy atom. The highest BCUT2D eigenvalue weighted by atomic mass is 35.5. The topological polar surface area (TPSA) is 45.1 Å². The summed E-state index contributed by atoms with van der Waals surface area (Å²) in [7, 11) is 0. The molecule has 0 radical (unpaired) electrons. The molecule has 0 fully saturated rings. The molecule has 0 saturated carbocycles. The second kappa shape index (κ2) is 5.25. The maximum atomic E-state index is 9.71. The van der Waals surface area contributed by atoms with Crippen LogP contribution in [0.1, 0.15) is 5.56 Å². The lowest BCUT2D eigenvalue weighted by molar-refractivity contribution is 0.469. The van der Waals surface area contributed by atoms with E-state index < -0.39 is 0 Å². The van der Waals surface area contributed by atoms with Crippen LogP contribution in [0, 0.1) is 0 Å². The molecule has 2 rings (SSSR count). The van der Waals surface area contributed by atoms with Crippen molar-refractivity contribution in [2.24, 2.45) is 0 Å². The zero-order valence-electron chi connectivity index (χ0n) is 8.82. The number of benzene rings is 1. The minimum absolute atomic E-state index is 0.101. The number of nitrogens with zero attached hydrogens (tertiary/aromatic N) is 1. The molecule has 0 amide bonds. The van der Waals surface area contributed by atoms with Crippen LogP contribution in [0.15, 0.2) is 36.5 Å². The summed E-state index contributed by atoms with van der Waals surface area (Å²) in [5.74, 6) is 0.101. The van der Waals surface area contributed by atoms with Gasteiger partial charge in [-0.3, -0.25) is 0 Å². The van der Waals surface area contributed by atoms with Crippen LogP contribution >= 0.6 is 23.2 Å². The van der Waals surface area contributed by atoms with Gasteiger partial charge in [0.1, 0.15) is 10.9 Å². The van der Waals surface area contributed by atoms with Crippen molar-refractivity contribution in [3.05, 3.63) is 52.3 Å². The Hall–Kier alpha value is -1.45. The van der Waals surface area contributed by atoms with Crippen LogP contribution in [0.25, 0.3) is 0 Å². The first-order valence-corrected chi connectivity index (χ1v) is 5.74. The van der Waals surface area contributed by atoms with Crippen LogP contribution in [0.3, 0.4) is 0 Å². The number of hydrogen-bond donors (Lipinski definition) is 2. The van der Waals surface area contributed by atoms with Gasteiger partial charge in [-0.15, -0.1) is 0 Å². The van der Waals surface area contributed by atoms with Crippen LogP contribution in [0.5, 0.6) is 5.75 Å². The zero-order chi connectivity index (χ0) is 12.3. The maximum Gasteiger partial charge on any atom is 0.139 e. The van der Waals surface area contributed by atoms with Crippen LogP contribution in [-0.2, 0) is 6.54 Å². The van der Waals surface area contributed by atoms with E-state index in [4.69, 9.17) is 23.2 Å². The first kappa shape index (κ1) is 12.0. The van der Waals surface area contributed by atoms with Crippen molar-refractivity contribution in [2.75, 3.05) is 5.32 Å². The summed E-state index contributed by atoms with van der Waals surface area (Å²) in [5.41, 5.74) is 1.56. The Morgan fingerprint density at radius 2 is 2.00 bits per heavy atom. The summed E-state index contributed by atoms with van der Waals surface area (Å²) in [6.07, 6.45) is 1.63. The predicted octanol–water partition coefficient (Wildman–Crippen LogP) is 3.71. The van der Waals surface area contributed by atoms with Gasteiger partial charge in [-0.05, 0) is 18.2 Å². The molecule has 0 unspecified atom stereocenters. The average Bonchev–Trinajstić information content (AvgIpc) is 2.33. The minimum atomic E-state index is 0.101. The molecular weight excluding hydrogens is 259 g/mol. The largest absolute Gasteiger partial charge is 0.506 e. The van der Waals surface area contributed by atoms with Gasteiger partial charge in [-0.1, -0.05) is 35.3 Å². The van der Waals surface area contributed by atoms with E-state index in [-0.39, 0.29) is 5.75 Å². The van der Waals surface area contributed by atoms with Crippen molar-refractivity contribution in [1.29, 1.82) is 0 Å². The Labute approximate surface area is 109 Å². The molecule has 0 aliphatic carbocycles. The fraction of sp³-hybridized carbons (Fsp3) is 0.0833. The minimum Gasteiger partial charge on any atom is -0.506 e. The SMILES string of the molecule is Oc1c(Cl)cccc1CNc1ccc(Cl)nc1. The van der Waals surface area contributed by atoms with E-state index in [9.17, 15) is 5.11 Å². The summed E-state index contributed by atoms with van der Waals surface area (Å²) in [6, 6.07) is 8.75. The molecule has 5 heteroatoms. The Balaban J connectivity index is 2.07. The van der Waals surface area contributed by atoms with Crippen molar-refractivity contribution in [2.45, 2.75) is 6.54 Å². The highest BCUT2D eigenvalue weighted by molar-refractivity contribution is 6.32. The van der Waals surface area contributed by atoms with Gasteiger partial charge in [-0.2, -0.15) is 0 Å². The molecule has 17 heavy (non-hydrogen) atoms. The van der Waals surface area contributed by atoms with E-state index >= 15 is 0 Å². The van der Waals surface area contributed by atoms with E-state index in [0.717, 1.165) is 11.3 Å². The number of aromatic hydroxyl groups is 1. The number of hydrogen-bond acceptors (Lipinski definition) is 3. The number of halogens is 2. The number of anilines is 1. The first-order chi connectivity index (χ1) is 8.16. The summed E-state index contributed by atoms with van der Waals surface area (Å²) in [5, 5.41) is 13.6. The molecule has 1 aromatic heterocycles. The molecule has 2 aromatic rings. The molecule has 88 valence electrons.